The number of hydrogen-bond acceptors (Lipinski definition) is 3. The highest BCUT2D eigenvalue weighted by Gasteiger charge is 2.22. The zero-order valence-corrected chi connectivity index (χ0v) is 14.1. The van der Waals surface area contributed by atoms with Crippen molar-refractivity contribution in [2.45, 2.75) is 32.9 Å². The number of rotatable bonds is 6. The maximum Gasteiger partial charge on any atom is 0.0857 e. The molecule has 0 aliphatic heterocycles. The molecule has 0 saturated carbocycles. The van der Waals surface area contributed by atoms with Gasteiger partial charge in [0.05, 0.1) is 26.7 Å². The van der Waals surface area contributed by atoms with E-state index in [2.05, 4.69) is 52.3 Å². The summed E-state index contributed by atoms with van der Waals surface area (Å²) >= 11 is 11.6. The molecule has 2 aromatic heterocycles. The van der Waals surface area contributed by atoms with Gasteiger partial charge < -0.3 is 5.32 Å². The molecule has 1 atom stereocenters. The normalized spacial score (nSPS) is 12.8. The molecule has 2 rings (SSSR count). The third kappa shape index (κ3) is 3.40. The first-order valence-electron chi connectivity index (χ1n) is 6.37. The molecule has 0 aliphatic carbocycles. The van der Waals surface area contributed by atoms with E-state index in [0.717, 1.165) is 34.0 Å². The van der Waals surface area contributed by atoms with E-state index in [-0.39, 0.29) is 6.04 Å². The van der Waals surface area contributed by atoms with Gasteiger partial charge in [0, 0.05) is 11.4 Å². The number of hydrogen-bond donors (Lipinski definition) is 1. The Morgan fingerprint density at radius 2 is 2.26 bits per heavy atom. The molecular formula is C13H17BrClN3S. The summed E-state index contributed by atoms with van der Waals surface area (Å²) in [5.74, 6) is 0. The third-order valence-electron chi connectivity index (χ3n) is 2.88. The van der Waals surface area contributed by atoms with Crippen LogP contribution in [0.1, 0.15) is 36.9 Å². The minimum atomic E-state index is 0.103. The first-order valence-corrected chi connectivity index (χ1v) is 8.35. The average molecular weight is 363 g/mol. The Balaban J connectivity index is 2.39. The predicted octanol–water partition coefficient (Wildman–Crippen LogP) is 4.47. The molecule has 3 nitrogen and oxygen atoms in total. The van der Waals surface area contributed by atoms with Crippen LogP contribution < -0.4 is 5.32 Å². The molecule has 1 N–H and O–H groups in total. The van der Waals surface area contributed by atoms with Crippen LogP contribution in [0, 0.1) is 0 Å². The lowest BCUT2D eigenvalue weighted by Crippen LogP contribution is -2.25. The number of halogens is 2. The molecule has 0 bridgehead atoms. The van der Waals surface area contributed by atoms with Crippen molar-refractivity contribution in [1.29, 1.82) is 0 Å². The molecule has 0 aliphatic rings. The standard InChI is InChI=1S/C13H17BrClN3S/c1-3-7-16-12(10-5-6-11(14)19-10)13-9(15)8-17-18(13)4-2/h5-6,8,12,16H,3-4,7H2,1-2H3. The Kier molecular flexibility index (Phi) is 5.45. The predicted molar refractivity (Wildman–Crippen MR) is 85.1 cm³/mol. The van der Waals surface area contributed by atoms with E-state index in [1.807, 2.05) is 4.68 Å². The van der Waals surface area contributed by atoms with Gasteiger partial charge in [-0.3, -0.25) is 4.68 Å². The molecule has 104 valence electrons. The number of aryl methyl sites for hydroxylation is 1. The van der Waals surface area contributed by atoms with Gasteiger partial charge in [0.1, 0.15) is 0 Å². The van der Waals surface area contributed by atoms with E-state index in [0.29, 0.717) is 0 Å². The van der Waals surface area contributed by atoms with Crippen LogP contribution in [0.2, 0.25) is 5.02 Å². The number of nitrogens with one attached hydrogen (secondary N) is 1. The summed E-state index contributed by atoms with van der Waals surface area (Å²) in [7, 11) is 0. The minimum absolute atomic E-state index is 0.103. The fourth-order valence-corrected chi connectivity index (χ4v) is 3.77. The van der Waals surface area contributed by atoms with Crippen LogP contribution in [0.25, 0.3) is 0 Å². The van der Waals surface area contributed by atoms with Crippen molar-refractivity contribution in [1.82, 2.24) is 15.1 Å². The molecule has 0 amide bonds. The third-order valence-corrected chi connectivity index (χ3v) is 4.86. The Morgan fingerprint density at radius 3 is 2.84 bits per heavy atom. The zero-order chi connectivity index (χ0) is 13.8. The van der Waals surface area contributed by atoms with E-state index in [1.165, 1.54) is 4.88 Å². The van der Waals surface area contributed by atoms with Gasteiger partial charge in [-0.2, -0.15) is 5.10 Å². The second-order valence-corrected chi connectivity index (χ2v) is 7.12. The Bertz CT molecular complexity index is 538. The highest BCUT2D eigenvalue weighted by Crippen LogP contribution is 2.34. The van der Waals surface area contributed by atoms with Crippen LogP contribution in [0.4, 0.5) is 0 Å². The smallest absolute Gasteiger partial charge is 0.0857 e. The quantitative estimate of drug-likeness (QED) is 0.821. The van der Waals surface area contributed by atoms with Crippen molar-refractivity contribution in [3.63, 3.8) is 0 Å². The average Bonchev–Trinajstić information content (AvgIpc) is 2.98. The monoisotopic (exact) mass is 361 g/mol. The van der Waals surface area contributed by atoms with E-state index < -0.39 is 0 Å². The summed E-state index contributed by atoms with van der Waals surface area (Å²) in [5.41, 5.74) is 1.05. The lowest BCUT2D eigenvalue weighted by atomic mass is 10.1. The number of thiophene rings is 1. The maximum atomic E-state index is 6.32. The molecule has 19 heavy (non-hydrogen) atoms. The number of aromatic nitrogens is 2. The van der Waals surface area contributed by atoms with Crippen LogP contribution in [0.15, 0.2) is 22.1 Å². The molecule has 2 aromatic rings. The molecule has 1 unspecified atom stereocenters. The van der Waals surface area contributed by atoms with Crippen LogP contribution >= 0.6 is 38.9 Å². The molecule has 2 heterocycles. The zero-order valence-electron chi connectivity index (χ0n) is 11.0. The largest absolute Gasteiger partial charge is 0.304 e. The summed E-state index contributed by atoms with van der Waals surface area (Å²) in [6.45, 7) is 6.01. The second-order valence-electron chi connectivity index (χ2n) is 4.22. The van der Waals surface area contributed by atoms with Gasteiger partial charge in [-0.15, -0.1) is 11.3 Å². The maximum absolute atomic E-state index is 6.32. The Labute approximate surface area is 131 Å². The summed E-state index contributed by atoms with van der Waals surface area (Å²) in [6.07, 6.45) is 2.81. The van der Waals surface area contributed by atoms with Crippen LogP contribution in [0.3, 0.4) is 0 Å². The summed E-state index contributed by atoms with van der Waals surface area (Å²) < 4.78 is 3.09. The van der Waals surface area contributed by atoms with E-state index in [1.54, 1.807) is 17.5 Å². The Morgan fingerprint density at radius 1 is 1.47 bits per heavy atom. The number of nitrogens with zero attached hydrogens (tertiary/aromatic N) is 2. The first-order chi connectivity index (χ1) is 9.17. The van der Waals surface area contributed by atoms with Gasteiger partial charge in [0.2, 0.25) is 0 Å². The van der Waals surface area contributed by atoms with E-state index in [9.17, 15) is 0 Å². The highest BCUT2D eigenvalue weighted by atomic mass is 79.9. The second kappa shape index (κ2) is 6.88. The van der Waals surface area contributed by atoms with Gasteiger partial charge in [-0.1, -0.05) is 18.5 Å². The fraction of sp³-hybridized carbons (Fsp3) is 0.462. The van der Waals surface area contributed by atoms with Crippen LogP contribution in [-0.4, -0.2) is 16.3 Å². The van der Waals surface area contributed by atoms with Crippen LogP contribution in [0.5, 0.6) is 0 Å². The van der Waals surface area contributed by atoms with Crippen molar-refractivity contribution < 1.29 is 0 Å². The SMILES string of the molecule is CCCNC(c1ccc(Br)s1)c1c(Cl)cnn1CC. The van der Waals surface area contributed by atoms with Crippen LogP contribution in [-0.2, 0) is 6.54 Å². The van der Waals surface area contributed by atoms with Crippen molar-refractivity contribution >= 4 is 38.9 Å². The van der Waals surface area contributed by atoms with Gasteiger partial charge in [-0.25, -0.2) is 0 Å². The molecule has 0 saturated heterocycles. The van der Waals surface area contributed by atoms with Gasteiger partial charge in [0.25, 0.3) is 0 Å². The van der Waals surface area contributed by atoms with E-state index >= 15 is 0 Å². The Hall–Kier alpha value is -0.360. The fourth-order valence-electron chi connectivity index (χ4n) is 2.02. The van der Waals surface area contributed by atoms with Crippen molar-refractivity contribution in [3.8, 4) is 0 Å². The molecule has 0 fully saturated rings. The summed E-state index contributed by atoms with van der Waals surface area (Å²) in [6, 6.07) is 4.30. The minimum Gasteiger partial charge on any atom is -0.304 e. The van der Waals surface area contributed by atoms with Gasteiger partial charge in [-0.05, 0) is 48.0 Å². The lowest BCUT2D eigenvalue weighted by Gasteiger charge is -2.19. The van der Waals surface area contributed by atoms with Crippen molar-refractivity contribution in [2.75, 3.05) is 6.54 Å². The molecular weight excluding hydrogens is 346 g/mol. The molecule has 0 spiro atoms. The molecule has 0 radical (unpaired) electrons. The summed E-state index contributed by atoms with van der Waals surface area (Å²) in [4.78, 5) is 1.25. The van der Waals surface area contributed by atoms with Crippen molar-refractivity contribution in [2.24, 2.45) is 0 Å². The van der Waals surface area contributed by atoms with Gasteiger partial charge >= 0.3 is 0 Å². The highest BCUT2D eigenvalue weighted by molar-refractivity contribution is 9.11. The topological polar surface area (TPSA) is 29.9 Å². The van der Waals surface area contributed by atoms with Gasteiger partial charge in [0.15, 0.2) is 0 Å². The lowest BCUT2D eigenvalue weighted by molar-refractivity contribution is 0.534. The molecule has 6 heteroatoms. The van der Waals surface area contributed by atoms with Crippen molar-refractivity contribution in [3.05, 3.63) is 37.7 Å². The molecule has 0 aromatic carbocycles. The van der Waals surface area contributed by atoms with E-state index in [4.69, 9.17) is 11.6 Å². The first kappa shape index (κ1) is 15.0. The summed E-state index contributed by atoms with van der Waals surface area (Å²) in [5, 5.41) is 8.62.